The molecule has 6 heteroatoms. The number of hydrogen-bond acceptors (Lipinski definition) is 3. The first-order chi connectivity index (χ1) is 11.5. The van der Waals surface area contributed by atoms with Crippen molar-refractivity contribution in [1.29, 1.82) is 5.26 Å². The van der Waals surface area contributed by atoms with Gasteiger partial charge in [0.05, 0.1) is 16.8 Å². The van der Waals surface area contributed by atoms with Gasteiger partial charge in [-0.15, -0.1) is 0 Å². The minimum absolute atomic E-state index is 0.176. The van der Waals surface area contributed by atoms with Crippen molar-refractivity contribution in [3.63, 3.8) is 0 Å². The molecule has 0 spiro atoms. The summed E-state index contributed by atoms with van der Waals surface area (Å²) in [4.78, 5) is 0. The third kappa shape index (κ3) is 2.66. The van der Waals surface area contributed by atoms with Crippen LogP contribution in [0.15, 0.2) is 42.5 Å². The maximum Gasteiger partial charge on any atom is 0.168 e. The normalized spacial score (nSPS) is 10.5. The zero-order valence-electron chi connectivity index (χ0n) is 13.1. The number of nitriles is 1. The summed E-state index contributed by atoms with van der Waals surface area (Å²) < 4.78 is 2.02. The summed E-state index contributed by atoms with van der Waals surface area (Å²) >= 11 is 4.88. The summed E-state index contributed by atoms with van der Waals surface area (Å²) in [6.07, 6.45) is 0. The van der Waals surface area contributed by atoms with E-state index in [1.807, 2.05) is 35.8 Å². The molecule has 0 radical (unpaired) electrons. The lowest BCUT2D eigenvalue weighted by molar-refractivity contribution is 0.476. The maximum atomic E-state index is 9.80. The number of nitrogens with one attached hydrogen (secondary N) is 1. The molecule has 4 N–H and O–H groups in total. The van der Waals surface area contributed by atoms with Gasteiger partial charge < -0.3 is 20.7 Å². The molecule has 0 unspecified atom stereocenters. The van der Waals surface area contributed by atoms with Gasteiger partial charge in [0.25, 0.3) is 0 Å². The van der Waals surface area contributed by atoms with Crippen LogP contribution in [0.25, 0.3) is 22.2 Å². The second-order valence-corrected chi connectivity index (χ2v) is 5.79. The fraction of sp³-hybridized carbons (Fsp3) is 0.111. The van der Waals surface area contributed by atoms with Crippen LogP contribution in [-0.4, -0.2) is 14.8 Å². The quantitative estimate of drug-likeness (QED) is 0.637. The molecule has 1 heterocycles. The summed E-state index contributed by atoms with van der Waals surface area (Å²) in [6.45, 7) is 2.68. The van der Waals surface area contributed by atoms with E-state index >= 15 is 0 Å². The second kappa shape index (κ2) is 6.22. The number of aromatic hydroxyl groups is 1. The molecule has 0 saturated carbocycles. The molecule has 0 aliphatic heterocycles. The van der Waals surface area contributed by atoms with E-state index in [1.165, 1.54) is 0 Å². The number of nitrogens with zero attached hydrogens (tertiary/aromatic N) is 2. The third-order valence-electron chi connectivity index (χ3n) is 3.88. The van der Waals surface area contributed by atoms with Crippen LogP contribution in [0.1, 0.15) is 12.5 Å². The van der Waals surface area contributed by atoms with Gasteiger partial charge in [0.15, 0.2) is 5.11 Å². The first kappa shape index (κ1) is 15.8. The Kier molecular flexibility index (Phi) is 4.11. The Morgan fingerprint density at radius 1 is 1.33 bits per heavy atom. The van der Waals surface area contributed by atoms with Crippen molar-refractivity contribution in [1.82, 2.24) is 4.57 Å². The molecule has 0 bridgehead atoms. The number of nitrogens with two attached hydrogens (primary N) is 1. The zero-order chi connectivity index (χ0) is 17.3. The first-order valence-electron chi connectivity index (χ1n) is 7.47. The van der Waals surface area contributed by atoms with Gasteiger partial charge in [-0.25, -0.2) is 0 Å². The highest BCUT2D eigenvalue weighted by molar-refractivity contribution is 7.80. The predicted molar refractivity (Wildman–Crippen MR) is 99.8 cm³/mol. The predicted octanol–water partition coefficient (Wildman–Crippen LogP) is 3.56. The molecular weight excluding hydrogens is 320 g/mol. The average Bonchev–Trinajstić information content (AvgIpc) is 2.87. The van der Waals surface area contributed by atoms with Crippen LogP contribution in [-0.2, 0) is 6.54 Å². The summed E-state index contributed by atoms with van der Waals surface area (Å²) in [5.74, 6) is 0.176. The van der Waals surface area contributed by atoms with Crippen LogP contribution in [0, 0.1) is 11.3 Å². The van der Waals surface area contributed by atoms with Crippen molar-refractivity contribution in [3.8, 4) is 23.1 Å². The number of phenols is 1. The molecule has 1 aromatic heterocycles. The van der Waals surface area contributed by atoms with Gasteiger partial charge in [0, 0.05) is 29.2 Å². The minimum atomic E-state index is 0.176. The summed E-state index contributed by atoms with van der Waals surface area (Å²) in [5.41, 5.74) is 9.41. The molecule has 0 atom stereocenters. The van der Waals surface area contributed by atoms with Crippen LogP contribution in [0.4, 0.5) is 5.69 Å². The van der Waals surface area contributed by atoms with E-state index in [0.29, 0.717) is 12.1 Å². The Balaban J connectivity index is 2.30. The Morgan fingerprint density at radius 2 is 2.12 bits per heavy atom. The number of benzene rings is 2. The van der Waals surface area contributed by atoms with Crippen molar-refractivity contribution in [2.75, 3.05) is 5.32 Å². The van der Waals surface area contributed by atoms with E-state index in [9.17, 15) is 10.4 Å². The fourth-order valence-corrected chi connectivity index (χ4v) is 3.08. The zero-order valence-corrected chi connectivity index (χ0v) is 13.9. The number of rotatable bonds is 3. The number of fused-ring (bicyclic) bond motifs is 1. The highest BCUT2D eigenvalue weighted by Gasteiger charge is 2.18. The van der Waals surface area contributed by atoms with Gasteiger partial charge in [-0.05, 0) is 43.4 Å². The molecule has 0 aliphatic carbocycles. The minimum Gasteiger partial charge on any atom is -0.508 e. The molecule has 3 aromatic rings. The molecule has 0 fully saturated rings. The number of hydrogen-bond donors (Lipinski definition) is 3. The lowest BCUT2D eigenvalue weighted by Crippen LogP contribution is -2.18. The van der Waals surface area contributed by atoms with E-state index in [1.54, 1.807) is 18.2 Å². The lowest BCUT2D eigenvalue weighted by Gasteiger charge is -2.11. The largest absolute Gasteiger partial charge is 0.508 e. The van der Waals surface area contributed by atoms with E-state index in [4.69, 9.17) is 18.0 Å². The number of aromatic nitrogens is 1. The summed E-state index contributed by atoms with van der Waals surface area (Å²) in [6, 6.07) is 14.9. The van der Waals surface area contributed by atoms with Crippen LogP contribution < -0.4 is 11.1 Å². The van der Waals surface area contributed by atoms with E-state index in [0.717, 1.165) is 27.8 Å². The van der Waals surface area contributed by atoms with Crippen LogP contribution in [0.2, 0.25) is 0 Å². The first-order valence-corrected chi connectivity index (χ1v) is 7.88. The topological polar surface area (TPSA) is 87.0 Å². The van der Waals surface area contributed by atoms with Gasteiger partial charge in [0.2, 0.25) is 0 Å². The van der Waals surface area contributed by atoms with Gasteiger partial charge in [-0.2, -0.15) is 5.26 Å². The van der Waals surface area contributed by atoms with Gasteiger partial charge in [-0.3, -0.25) is 0 Å². The van der Waals surface area contributed by atoms with Crippen molar-refractivity contribution in [2.24, 2.45) is 5.73 Å². The van der Waals surface area contributed by atoms with Crippen molar-refractivity contribution >= 4 is 33.9 Å². The van der Waals surface area contributed by atoms with E-state index in [-0.39, 0.29) is 10.9 Å². The third-order valence-corrected chi connectivity index (χ3v) is 3.98. The Hall–Kier alpha value is -3.04. The van der Waals surface area contributed by atoms with E-state index in [2.05, 4.69) is 11.4 Å². The molecule has 0 aliphatic rings. The fourth-order valence-electron chi connectivity index (χ4n) is 2.97. The Bertz CT molecular complexity index is 985. The van der Waals surface area contributed by atoms with Gasteiger partial charge >= 0.3 is 0 Å². The monoisotopic (exact) mass is 336 g/mol. The number of phenolic OH excluding ortho intramolecular Hbond substituents is 1. The van der Waals surface area contributed by atoms with E-state index < -0.39 is 0 Å². The molecule has 120 valence electrons. The highest BCUT2D eigenvalue weighted by atomic mass is 32.1. The van der Waals surface area contributed by atoms with Crippen molar-refractivity contribution in [2.45, 2.75) is 13.5 Å². The number of thiocarbonyl (C=S) groups is 1. The molecule has 5 nitrogen and oxygen atoms in total. The molecule has 3 rings (SSSR count). The SMILES string of the molecule is CCn1c(-c2cccc(NC(N)=S)c2)c(C#N)c2ccc(O)cc21. The Labute approximate surface area is 144 Å². The number of aryl methyl sites for hydroxylation is 1. The Morgan fingerprint density at radius 3 is 2.79 bits per heavy atom. The molecule has 0 amide bonds. The summed E-state index contributed by atoms with van der Waals surface area (Å²) in [5, 5.41) is 23.4. The smallest absolute Gasteiger partial charge is 0.168 e. The molecule has 24 heavy (non-hydrogen) atoms. The highest BCUT2D eigenvalue weighted by Crippen LogP contribution is 2.35. The van der Waals surface area contributed by atoms with Gasteiger partial charge in [-0.1, -0.05) is 12.1 Å². The van der Waals surface area contributed by atoms with Crippen molar-refractivity contribution in [3.05, 3.63) is 48.0 Å². The van der Waals surface area contributed by atoms with Crippen molar-refractivity contribution < 1.29 is 5.11 Å². The lowest BCUT2D eigenvalue weighted by atomic mass is 10.1. The second-order valence-electron chi connectivity index (χ2n) is 5.35. The van der Waals surface area contributed by atoms with Crippen LogP contribution >= 0.6 is 12.2 Å². The van der Waals surface area contributed by atoms with Crippen LogP contribution in [0.3, 0.4) is 0 Å². The summed E-state index contributed by atoms with van der Waals surface area (Å²) in [7, 11) is 0. The standard InChI is InChI=1S/C18H16N4OS/c1-2-22-16-9-13(23)6-7-14(16)15(10-19)17(22)11-4-3-5-12(8-11)21-18(20)24/h3-9,23H,2H2,1H3,(H3,20,21,24). The molecule has 0 saturated heterocycles. The number of anilines is 1. The van der Waals surface area contributed by atoms with Gasteiger partial charge in [0.1, 0.15) is 11.8 Å². The molecule has 2 aromatic carbocycles. The maximum absolute atomic E-state index is 9.80. The average molecular weight is 336 g/mol. The van der Waals surface area contributed by atoms with Crippen LogP contribution in [0.5, 0.6) is 5.75 Å². The molecular formula is C18H16N4OS.